The first-order valence-corrected chi connectivity index (χ1v) is 5.91. The summed E-state index contributed by atoms with van der Waals surface area (Å²) in [5, 5.41) is 0. The Hall–Kier alpha value is -0.810. The van der Waals surface area contributed by atoms with Crippen LogP contribution in [0.3, 0.4) is 0 Å². The molecule has 0 fully saturated rings. The highest BCUT2D eigenvalue weighted by Gasteiger charge is 2.21. The van der Waals surface area contributed by atoms with Crippen LogP contribution >= 0.6 is 15.9 Å². The molecule has 0 saturated carbocycles. The lowest BCUT2D eigenvalue weighted by molar-refractivity contribution is 0.169. The van der Waals surface area contributed by atoms with Gasteiger partial charge in [0.15, 0.2) is 11.5 Å². The minimum Gasteiger partial charge on any atom is -0.486 e. The highest BCUT2D eigenvalue weighted by Crippen LogP contribution is 2.40. The Kier molecular flexibility index (Phi) is 3.35. The Labute approximate surface area is 102 Å². The lowest BCUT2D eigenvalue weighted by Gasteiger charge is -2.21. The van der Waals surface area contributed by atoms with Gasteiger partial charge in [0.2, 0.25) is 0 Å². The van der Waals surface area contributed by atoms with Crippen molar-refractivity contribution in [2.75, 3.05) is 13.2 Å². The van der Waals surface area contributed by atoms with Gasteiger partial charge in [-0.25, -0.2) is 4.39 Å². The predicted octanol–water partition coefficient (Wildman–Crippen LogP) is 2.25. The second-order valence-corrected chi connectivity index (χ2v) is 4.66. The molecule has 1 aromatic rings. The lowest BCUT2D eigenvalue weighted by Crippen LogP contribution is -2.20. The van der Waals surface area contributed by atoms with Crippen LogP contribution in [0.15, 0.2) is 10.5 Å². The first kappa shape index (κ1) is 11.7. The number of halogens is 2. The molecular formula is C11H13BrFNO2. The maximum Gasteiger partial charge on any atom is 0.178 e. The van der Waals surface area contributed by atoms with Crippen LogP contribution in [0.25, 0.3) is 0 Å². The molecule has 0 radical (unpaired) electrons. The van der Waals surface area contributed by atoms with Gasteiger partial charge in [-0.05, 0) is 40.9 Å². The second kappa shape index (κ2) is 4.59. The molecular weight excluding hydrogens is 277 g/mol. The van der Waals surface area contributed by atoms with Crippen molar-refractivity contribution in [2.24, 2.45) is 5.73 Å². The molecule has 16 heavy (non-hydrogen) atoms. The minimum atomic E-state index is -0.318. The summed E-state index contributed by atoms with van der Waals surface area (Å²) in [4.78, 5) is 0. The van der Waals surface area contributed by atoms with E-state index < -0.39 is 0 Å². The SMILES string of the molecule is CC(N)Cc1cc2c(c(Br)c1F)OCCO2. The highest BCUT2D eigenvalue weighted by atomic mass is 79.9. The molecule has 1 atom stereocenters. The zero-order valence-corrected chi connectivity index (χ0v) is 10.5. The first-order chi connectivity index (χ1) is 7.59. The smallest absolute Gasteiger partial charge is 0.178 e. The maximum absolute atomic E-state index is 13.9. The second-order valence-electron chi connectivity index (χ2n) is 3.87. The van der Waals surface area contributed by atoms with Gasteiger partial charge in [0.05, 0.1) is 4.47 Å². The average Bonchev–Trinajstić information content (AvgIpc) is 2.25. The number of fused-ring (bicyclic) bond motifs is 1. The van der Waals surface area contributed by atoms with Crippen LogP contribution in [-0.2, 0) is 6.42 Å². The quantitative estimate of drug-likeness (QED) is 0.908. The van der Waals surface area contributed by atoms with Gasteiger partial charge in [-0.3, -0.25) is 0 Å². The van der Waals surface area contributed by atoms with Crippen LogP contribution in [-0.4, -0.2) is 19.3 Å². The van der Waals surface area contributed by atoms with E-state index >= 15 is 0 Å². The van der Waals surface area contributed by atoms with E-state index in [1.807, 2.05) is 6.92 Å². The van der Waals surface area contributed by atoms with Crippen LogP contribution in [0, 0.1) is 5.82 Å². The maximum atomic E-state index is 13.9. The third kappa shape index (κ3) is 2.15. The molecule has 0 aliphatic carbocycles. The van der Waals surface area contributed by atoms with Crippen LogP contribution in [0.2, 0.25) is 0 Å². The van der Waals surface area contributed by atoms with Gasteiger partial charge in [-0.1, -0.05) is 0 Å². The van der Waals surface area contributed by atoms with E-state index in [4.69, 9.17) is 15.2 Å². The van der Waals surface area contributed by atoms with Crippen LogP contribution in [0.1, 0.15) is 12.5 Å². The fourth-order valence-corrected chi connectivity index (χ4v) is 2.23. The van der Waals surface area contributed by atoms with Crippen molar-refractivity contribution in [3.8, 4) is 11.5 Å². The zero-order valence-electron chi connectivity index (χ0n) is 8.93. The highest BCUT2D eigenvalue weighted by molar-refractivity contribution is 9.10. The number of hydrogen-bond donors (Lipinski definition) is 1. The molecule has 0 aromatic heterocycles. The molecule has 0 saturated heterocycles. The van der Waals surface area contributed by atoms with E-state index in [0.717, 1.165) is 0 Å². The summed E-state index contributed by atoms with van der Waals surface area (Å²) in [5.41, 5.74) is 6.21. The summed E-state index contributed by atoms with van der Waals surface area (Å²) in [5.74, 6) is 0.703. The number of benzene rings is 1. The third-order valence-electron chi connectivity index (χ3n) is 2.33. The Morgan fingerprint density at radius 1 is 1.50 bits per heavy atom. The monoisotopic (exact) mass is 289 g/mol. The van der Waals surface area contributed by atoms with Gasteiger partial charge in [0, 0.05) is 6.04 Å². The van der Waals surface area contributed by atoms with Crippen LogP contribution in [0.4, 0.5) is 4.39 Å². The summed E-state index contributed by atoms with van der Waals surface area (Å²) in [6.45, 7) is 2.77. The molecule has 1 aliphatic heterocycles. The van der Waals surface area contributed by atoms with Crippen molar-refractivity contribution >= 4 is 15.9 Å². The van der Waals surface area contributed by atoms with E-state index in [1.54, 1.807) is 6.07 Å². The lowest BCUT2D eigenvalue weighted by atomic mass is 10.1. The molecule has 3 nitrogen and oxygen atoms in total. The van der Waals surface area contributed by atoms with E-state index in [9.17, 15) is 4.39 Å². The fourth-order valence-electron chi connectivity index (χ4n) is 1.67. The molecule has 1 aliphatic rings. The molecule has 5 heteroatoms. The van der Waals surface area contributed by atoms with Gasteiger partial charge in [0.25, 0.3) is 0 Å². The zero-order chi connectivity index (χ0) is 11.7. The summed E-state index contributed by atoms with van der Waals surface area (Å²) < 4.78 is 25.0. The summed E-state index contributed by atoms with van der Waals surface area (Å²) in [6, 6.07) is 1.57. The molecule has 1 unspecified atom stereocenters. The first-order valence-electron chi connectivity index (χ1n) is 5.11. The molecule has 1 aromatic carbocycles. The number of rotatable bonds is 2. The number of hydrogen-bond acceptors (Lipinski definition) is 3. The average molecular weight is 290 g/mol. The van der Waals surface area contributed by atoms with Gasteiger partial charge in [-0.15, -0.1) is 0 Å². The van der Waals surface area contributed by atoms with Crippen molar-refractivity contribution in [2.45, 2.75) is 19.4 Å². The van der Waals surface area contributed by atoms with Crippen molar-refractivity contribution in [3.63, 3.8) is 0 Å². The molecule has 0 bridgehead atoms. The normalized spacial score (nSPS) is 16.0. The number of ether oxygens (including phenoxy) is 2. The molecule has 2 rings (SSSR count). The number of nitrogens with two attached hydrogens (primary N) is 1. The summed E-state index contributed by atoms with van der Waals surface area (Å²) in [6.07, 6.45) is 0.473. The molecule has 88 valence electrons. The van der Waals surface area contributed by atoms with E-state index in [-0.39, 0.29) is 11.9 Å². The Bertz CT molecular complexity index is 409. The van der Waals surface area contributed by atoms with Gasteiger partial charge < -0.3 is 15.2 Å². The van der Waals surface area contributed by atoms with Crippen molar-refractivity contribution < 1.29 is 13.9 Å². The van der Waals surface area contributed by atoms with Crippen LogP contribution in [0.5, 0.6) is 11.5 Å². The minimum absolute atomic E-state index is 0.0936. The predicted molar refractivity (Wildman–Crippen MR) is 62.4 cm³/mol. The summed E-state index contributed by atoms with van der Waals surface area (Å²) >= 11 is 3.19. The standard InChI is InChI=1S/C11H13BrFNO2/c1-6(14)4-7-5-8-11(9(12)10(7)13)16-3-2-15-8/h5-6H,2-4,14H2,1H3. The van der Waals surface area contributed by atoms with Crippen LogP contribution < -0.4 is 15.2 Å². The molecule has 0 amide bonds. The van der Waals surface area contributed by atoms with E-state index in [2.05, 4.69) is 15.9 Å². The molecule has 0 spiro atoms. The van der Waals surface area contributed by atoms with Crippen molar-refractivity contribution in [3.05, 3.63) is 21.9 Å². The van der Waals surface area contributed by atoms with Crippen molar-refractivity contribution in [1.82, 2.24) is 0 Å². The topological polar surface area (TPSA) is 44.5 Å². The Morgan fingerprint density at radius 3 is 2.88 bits per heavy atom. The van der Waals surface area contributed by atoms with E-state index in [1.165, 1.54) is 0 Å². The third-order valence-corrected chi connectivity index (χ3v) is 3.04. The summed E-state index contributed by atoms with van der Waals surface area (Å²) in [7, 11) is 0. The Balaban J connectivity index is 2.44. The molecule has 2 N–H and O–H groups in total. The van der Waals surface area contributed by atoms with Crippen molar-refractivity contribution in [1.29, 1.82) is 0 Å². The molecule has 1 heterocycles. The largest absolute Gasteiger partial charge is 0.486 e. The fraction of sp³-hybridized carbons (Fsp3) is 0.455. The van der Waals surface area contributed by atoms with Gasteiger partial charge in [-0.2, -0.15) is 0 Å². The van der Waals surface area contributed by atoms with Gasteiger partial charge >= 0.3 is 0 Å². The van der Waals surface area contributed by atoms with Gasteiger partial charge in [0.1, 0.15) is 19.0 Å². The Morgan fingerprint density at radius 2 is 2.19 bits per heavy atom. The van der Waals surface area contributed by atoms with E-state index in [0.29, 0.717) is 41.2 Å².